The first kappa shape index (κ1) is 18.6. The first-order valence-corrected chi connectivity index (χ1v) is 10.8. The van der Waals surface area contributed by atoms with E-state index >= 15 is 0 Å². The maximum absolute atomic E-state index is 13.0. The van der Waals surface area contributed by atoms with E-state index in [0.717, 1.165) is 31.0 Å². The van der Waals surface area contributed by atoms with Crippen molar-refractivity contribution in [1.29, 1.82) is 0 Å². The molecular weight excluding hydrogens is 392 g/mol. The summed E-state index contributed by atoms with van der Waals surface area (Å²) < 4.78 is 12.2. The number of fused-ring (bicyclic) bond motifs is 1. The van der Waals surface area contributed by atoms with Gasteiger partial charge in [0.2, 0.25) is 0 Å². The van der Waals surface area contributed by atoms with Gasteiger partial charge in [-0.05, 0) is 43.8 Å². The number of ether oxygens (including phenoxy) is 2. The zero-order valence-electron chi connectivity index (χ0n) is 17.6. The van der Waals surface area contributed by atoms with Gasteiger partial charge in [0.15, 0.2) is 11.5 Å². The fraction of sp³-hybridized carbons (Fsp3) is 0.360. The highest BCUT2D eigenvalue weighted by molar-refractivity contribution is 6.21. The number of amides is 2. The van der Waals surface area contributed by atoms with E-state index in [0.29, 0.717) is 17.5 Å². The first-order chi connectivity index (χ1) is 15.0. The fourth-order valence-corrected chi connectivity index (χ4v) is 5.78. The third-order valence-corrected chi connectivity index (χ3v) is 7.30. The highest BCUT2D eigenvalue weighted by atomic mass is 16.5. The molecular formula is C25H24N2O4. The molecule has 1 spiro atoms. The normalized spacial score (nSPS) is 28.6. The average Bonchev–Trinajstić information content (AvgIpc) is 3.19. The van der Waals surface area contributed by atoms with Crippen molar-refractivity contribution >= 4 is 11.8 Å². The molecule has 3 aliphatic heterocycles. The third-order valence-electron chi connectivity index (χ3n) is 7.30. The molecule has 3 atom stereocenters. The molecule has 1 aliphatic carbocycles. The lowest BCUT2D eigenvalue weighted by molar-refractivity contribution is 0.0531. The van der Waals surface area contributed by atoms with Crippen LogP contribution in [0.2, 0.25) is 0 Å². The fourth-order valence-electron chi connectivity index (χ4n) is 5.78. The summed E-state index contributed by atoms with van der Waals surface area (Å²) in [7, 11) is 3.80. The molecule has 3 heterocycles. The molecule has 31 heavy (non-hydrogen) atoms. The van der Waals surface area contributed by atoms with E-state index < -0.39 is 0 Å². The van der Waals surface area contributed by atoms with Gasteiger partial charge in [0.1, 0.15) is 6.10 Å². The van der Waals surface area contributed by atoms with E-state index in [-0.39, 0.29) is 29.4 Å². The summed E-state index contributed by atoms with van der Waals surface area (Å²) in [5, 5.41) is 0. The minimum absolute atomic E-state index is 0.150. The molecule has 2 aromatic rings. The number of methoxy groups -OCH3 is 1. The lowest BCUT2D eigenvalue weighted by Crippen LogP contribution is -2.49. The minimum atomic E-state index is -0.326. The number of carbonyl (C=O) groups is 2. The maximum Gasteiger partial charge on any atom is 0.262 e. The van der Waals surface area contributed by atoms with Gasteiger partial charge in [-0.1, -0.05) is 30.4 Å². The Labute approximate surface area is 181 Å². The number of benzene rings is 2. The van der Waals surface area contributed by atoms with E-state index in [9.17, 15) is 9.59 Å². The quantitative estimate of drug-likeness (QED) is 0.556. The van der Waals surface area contributed by atoms with Gasteiger partial charge in [-0.3, -0.25) is 14.5 Å². The van der Waals surface area contributed by atoms with Crippen LogP contribution in [0.1, 0.15) is 44.7 Å². The molecule has 6 heteroatoms. The summed E-state index contributed by atoms with van der Waals surface area (Å²) in [4.78, 5) is 29.8. The van der Waals surface area contributed by atoms with Crippen LogP contribution < -0.4 is 9.47 Å². The van der Waals surface area contributed by atoms with Crippen LogP contribution in [-0.2, 0) is 12.0 Å². The number of nitrogens with zero attached hydrogens (tertiary/aromatic N) is 2. The second-order valence-corrected chi connectivity index (χ2v) is 8.95. The van der Waals surface area contributed by atoms with Crippen LogP contribution in [-0.4, -0.2) is 54.5 Å². The summed E-state index contributed by atoms with van der Waals surface area (Å²) in [6.07, 6.45) is 5.59. The smallest absolute Gasteiger partial charge is 0.262 e. The lowest BCUT2D eigenvalue weighted by atomic mass is 9.68. The van der Waals surface area contributed by atoms with E-state index in [1.165, 1.54) is 16.0 Å². The molecule has 6 nitrogen and oxygen atoms in total. The van der Waals surface area contributed by atoms with Crippen LogP contribution in [0.25, 0.3) is 0 Å². The number of rotatable bonds is 2. The monoisotopic (exact) mass is 416 g/mol. The lowest BCUT2D eigenvalue weighted by Gasteiger charge is -2.39. The van der Waals surface area contributed by atoms with Crippen molar-refractivity contribution in [3.8, 4) is 11.5 Å². The highest BCUT2D eigenvalue weighted by Crippen LogP contribution is 2.56. The van der Waals surface area contributed by atoms with E-state index in [1.807, 2.05) is 12.1 Å². The first-order valence-electron chi connectivity index (χ1n) is 10.8. The molecule has 0 unspecified atom stereocenters. The van der Waals surface area contributed by atoms with Crippen molar-refractivity contribution in [1.82, 2.24) is 9.80 Å². The van der Waals surface area contributed by atoms with E-state index in [2.05, 4.69) is 24.1 Å². The van der Waals surface area contributed by atoms with Crippen LogP contribution in [0.5, 0.6) is 11.5 Å². The van der Waals surface area contributed by atoms with Gasteiger partial charge >= 0.3 is 0 Å². The Kier molecular flexibility index (Phi) is 3.87. The molecule has 2 aromatic carbocycles. The van der Waals surface area contributed by atoms with Crippen molar-refractivity contribution in [2.45, 2.75) is 36.9 Å². The molecule has 0 N–H and O–H groups in total. The topological polar surface area (TPSA) is 59.1 Å². The van der Waals surface area contributed by atoms with Gasteiger partial charge in [-0.25, -0.2) is 0 Å². The molecule has 0 saturated heterocycles. The predicted molar refractivity (Wildman–Crippen MR) is 115 cm³/mol. The number of imide groups is 1. The van der Waals surface area contributed by atoms with Gasteiger partial charge in [0.25, 0.3) is 11.8 Å². The molecule has 6 rings (SSSR count). The largest absolute Gasteiger partial charge is 0.493 e. The molecule has 158 valence electrons. The summed E-state index contributed by atoms with van der Waals surface area (Å²) in [5.41, 5.74) is 3.16. The van der Waals surface area contributed by atoms with Crippen LogP contribution in [0.3, 0.4) is 0 Å². The molecule has 4 aliphatic rings. The average molecular weight is 416 g/mol. The zero-order chi connectivity index (χ0) is 21.3. The summed E-state index contributed by atoms with van der Waals surface area (Å²) in [5.74, 6) is 1.11. The maximum atomic E-state index is 13.0. The predicted octanol–water partition coefficient (Wildman–Crippen LogP) is 3.15. The van der Waals surface area contributed by atoms with Gasteiger partial charge in [0, 0.05) is 18.5 Å². The third kappa shape index (κ3) is 2.42. The van der Waals surface area contributed by atoms with Gasteiger partial charge in [0.05, 0.1) is 29.7 Å². The van der Waals surface area contributed by atoms with Crippen molar-refractivity contribution in [2.75, 3.05) is 20.7 Å². The van der Waals surface area contributed by atoms with E-state index in [1.54, 1.807) is 31.4 Å². The van der Waals surface area contributed by atoms with Crippen LogP contribution >= 0.6 is 0 Å². The zero-order valence-corrected chi connectivity index (χ0v) is 17.6. The summed E-state index contributed by atoms with van der Waals surface area (Å²) >= 11 is 0. The second kappa shape index (κ2) is 6.44. The van der Waals surface area contributed by atoms with E-state index in [4.69, 9.17) is 9.47 Å². The van der Waals surface area contributed by atoms with Gasteiger partial charge in [-0.15, -0.1) is 0 Å². The number of carbonyl (C=O) groups excluding carboxylic acids is 2. The van der Waals surface area contributed by atoms with Crippen LogP contribution in [0.15, 0.2) is 48.6 Å². The van der Waals surface area contributed by atoms with Gasteiger partial charge in [-0.2, -0.15) is 0 Å². The van der Waals surface area contributed by atoms with Gasteiger partial charge < -0.3 is 14.4 Å². The molecule has 2 amide bonds. The summed E-state index contributed by atoms with van der Waals surface area (Å²) in [6.45, 7) is 1.80. The summed E-state index contributed by atoms with van der Waals surface area (Å²) in [6, 6.07) is 10.8. The highest BCUT2D eigenvalue weighted by Gasteiger charge is 2.54. The number of hydrogen-bond acceptors (Lipinski definition) is 5. The Bertz CT molecular complexity index is 1120. The second-order valence-electron chi connectivity index (χ2n) is 8.95. The SMILES string of the molecule is COc1ccc2c3c1O[C@H]1C[C@H](N4C(=O)c5ccccc5C4=O)C=C[C@@]31CCN(C)C2. The van der Waals surface area contributed by atoms with Crippen molar-refractivity contribution in [3.05, 3.63) is 70.8 Å². The molecule has 0 bridgehead atoms. The Morgan fingerprint density at radius 1 is 1.10 bits per heavy atom. The van der Waals surface area contributed by atoms with Crippen molar-refractivity contribution in [2.24, 2.45) is 0 Å². The standard InChI is InChI=1S/C25H24N2O4/c1-26-12-11-25-10-9-16(27-23(28)17-5-3-4-6-18(17)24(27)29)13-20(25)31-22-19(30-2)8-7-15(14-26)21(22)25/h3-10,16,20H,11-14H2,1-2H3/t16-,20+,25+/m1/s1. The Morgan fingerprint density at radius 2 is 1.84 bits per heavy atom. The molecule has 0 radical (unpaired) electrons. The molecule has 0 fully saturated rings. The molecule has 0 saturated carbocycles. The Hall–Kier alpha value is -3.12. The van der Waals surface area contributed by atoms with Crippen molar-refractivity contribution < 1.29 is 19.1 Å². The van der Waals surface area contributed by atoms with Crippen molar-refractivity contribution in [3.63, 3.8) is 0 Å². The molecule has 0 aromatic heterocycles. The Morgan fingerprint density at radius 3 is 2.55 bits per heavy atom. The number of hydrogen-bond donors (Lipinski definition) is 0. The van der Waals surface area contributed by atoms with Crippen LogP contribution in [0.4, 0.5) is 0 Å². The van der Waals surface area contributed by atoms with Crippen LogP contribution in [0, 0.1) is 0 Å². The Balaban J connectivity index is 1.42. The minimum Gasteiger partial charge on any atom is -0.493 e.